The smallest absolute Gasteiger partial charge is 0.233 e. The van der Waals surface area contributed by atoms with E-state index in [9.17, 15) is 4.79 Å². The highest BCUT2D eigenvalue weighted by Crippen LogP contribution is 2.27. The maximum Gasteiger partial charge on any atom is 0.233 e. The molecule has 0 saturated heterocycles. The van der Waals surface area contributed by atoms with Crippen molar-refractivity contribution in [2.45, 2.75) is 37.3 Å². The Kier molecular flexibility index (Phi) is 6.42. The molecule has 0 aliphatic rings. The fraction of sp³-hybridized carbons (Fsp3) is 0.467. The van der Waals surface area contributed by atoms with Gasteiger partial charge in [-0.25, -0.2) is 4.68 Å². The molecule has 0 saturated carbocycles. The van der Waals surface area contributed by atoms with Crippen molar-refractivity contribution < 1.29 is 14.3 Å². The van der Waals surface area contributed by atoms with Gasteiger partial charge in [0.25, 0.3) is 0 Å². The second-order valence-corrected chi connectivity index (χ2v) is 6.25. The number of nitrogens with one attached hydrogen (secondary N) is 1. The predicted octanol–water partition coefficient (Wildman–Crippen LogP) is 1.51. The Hall–Kier alpha value is -2.29. The molecule has 0 bridgehead atoms. The third-order valence-corrected chi connectivity index (χ3v) is 4.44. The Bertz CT molecular complexity index is 691. The summed E-state index contributed by atoms with van der Waals surface area (Å²) in [5.74, 6) is 1.21. The molecule has 2 aromatic rings. The van der Waals surface area contributed by atoms with Crippen molar-refractivity contribution in [3.63, 3.8) is 0 Å². The van der Waals surface area contributed by atoms with Crippen LogP contribution in [0.3, 0.4) is 0 Å². The molecule has 1 aromatic heterocycles. The molecular weight excluding hydrogens is 330 g/mol. The van der Waals surface area contributed by atoms with Gasteiger partial charge in [-0.3, -0.25) is 4.79 Å². The first-order valence-corrected chi connectivity index (χ1v) is 8.38. The van der Waals surface area contributed by atoms with Crippen LogP contribution < -0.4 is 14.8 Å². The Balaban J connectivity index is 1.92. The Morgan fingerprint density at radius 3 is 2.75 bits per heavy atom. The summed E-state index contributed by atoms with van der Waals surface area (Å²) in [7, 11) is 3.17. The summed E-state index contributed by atoms with van der Waals surface area (Å²) in [4.78, 5) is 12.3. The maximum absolute atomic E-state index is 12.3. The zero-order chi connectivity index (χ0) is 17.5. The number of tetrazole rings is 1. The third kappa shape index (κ3) is 4.38. The van der Waals surface area contributed by atoms with Crippen LogP contribution in [0.4, 0.5) is 0 Å². The monoisotopic (exact) mass is 351 g/mol. The van der Waals surface area contributed by atoms with Gasteiger partial charge in [-0.1, -0.05) is 17.8 Å². The van der Waals surface area contributed by atoms with Gasteiger partial charge in [-0.05, 0) is 42.0 Å². The van der Waals surface area contributed by atoms with Crippen molar-refractivity contribution in [2.75, 3.05) is 14.2 Å². The van der Waals surface area contributed by atoms with Crippen molar-refractivity contribution >= 4 is 17.7 Å². The van der Waals surface area contributed by atoms with Crippen molar-refractivity contribution in [1.29, 1.82) is 0 Å². The molecule has 0 aliphatic carbocycles. The molecule has 1 unspecified atom stereocenters. The van der Waals surface area contributed by atoms with Gasteiger partial charge in [0.2, 0.25) is 11.1 Å². The Morgan fingerprint density at radius 2 is 2.08 bits per heavy atom. The number of hydrogen-bond acceptors (Lipinski definition) is 7. The molecule has 0 fully saturated rings. The van der Waals surface area contributed by atoms with Crippen LogP contribution in [0.2, 0.25) is 0 Å². The van der Waals surface area contributed by atoms with Crippen molar-refractivity contribution in [3.05, 3.63) is 23.8 Å². The van der Waals surface area contributed by atoms with E-state index in [0.29, 0.717) is 29.7 Å². The number of nitrogens with zero attached hydrogens (tertiary/aromatic N) is 4. The van der Waals surface area contributed by atoms with E-state index in [4.69, 9.17) is 9.47 Å². The fourth-order valence-electron chi connectivity index (χ4n) is 2.01. The molecule has 1 heterocycles. The van der Waals surface area contributed by atoms with Crippen molar-refractivity contribution in [1.82, 2.24) is 25.5 Å². The minimum absolute atomic E-state index is 0.0829. The molecule has 9 heteroatoms. The SMILES string of the molecule is CCn1nnnc1SC(C)C(=O)NCc1ccc(OC)c(OC)c1. The average Bonchev–Trinajstić information content (AvgIpc) is 3.06. The van der Waals surface area contributed by atoms with Crippen LogP contribution >= 0.6 is 11.8 Å². The highest BCUT2D eigenvalue weighted by atomic mass is 32.2. The van der Waals surface area contributed by atoms with Gasteiger partial charge in [0, 0.05) is 13.1 Å². The normalized spacial score (nSPS) is 11.8. The molecule has 2 rings (SSSR count). The lowest BCUT2D eigenvalue weighted by atomic mass is 10.2. The van der Waals surface area contributed by atoms with Gasteiger partial charge >= 0.3 is 0 Å². The summed E-state index contributed by atoms with van der Waals surface area (Å²) >= 11 is 1.33. The molecule has 0 spiro atoms. The van der Waals surface area contributed by atoms with Gasteiger partial charge in [-0.2, -0.15) is 0 Å². The number of amides is 1. The van der Waals surface area contributed by atoms with Gasteiger partial charge in [0.1, 0.15) is 0 Å². The van der Waals surface area contributed by atoms with E-state index >= 15 is 0 Å². The highest BCUT2D eigenvalue weighted by Gasteiger charge is 2.18. The van der Waals surface area contributed by atoms with Gasteiger partial charge < -0.3 is 14.8 Å². The summed E-state index contributed by atoms with van der Waals surface area (Å²) < 4.78 is 12.1. The van der Waals surface area contributed by atoms with E-state index in [1.165, 1.54) is 11.8 Å². The van der Waals surface area contributed by atoms with Crippen LogP contribution in [0.1, 0.15) is 19.4 Å². The molecule has 1 aromatic carbocycles. The molecule has 1 amide bonds. The first kappa shape index (κ1) is 18.1. The number of aryl methyl sites for hydroxylation is 1. The van der Waals surface area contributed by atoms with E-state index in [-0.39, 0.29) is 11.2 Å². The molecule has 1 N–H and O–H groups in total. The number of carbonyl (C=O) groups excluding carboxylic acids is 1. The van der Waals surface area contributed by atoms with Crippen LogP contribution in [-0.4, -0.2) is 45.6 Å². The first-order valence-electron chi connectivity index (χ1n) is 7.50. The second-order valence-electron chi connectivity index (χ2n) is 4.94. The largest absolute Gasteiger partial charge is 0.493 e. The zero-order valence-electron chi connectivity index (χ0n) is 14.1. The van der Waals surface area contributed by atoms with Crippen LogP contribution in [0, 0.1) is 0 Å². The number of benzene rings is 1. The Morgan fingerprint density at radius 1 is 1.33 bits per heavy atom. The van der Waals surface area contributed by atoms with Crippen LogP contribution in [-0.2, 0) is 17.9 Å². The van der Waals surface area contributed by atoms with E-state index in [1.54, 1.807) is 18.9 Å². The summed E-state index contributed by atoms with van der Waals surface area (Å²) in [6.45, 7) is 4.84. The van der Waals surface area contributed by atoms with E-state index in [2.05, 4.69) is 20.8 Å². The standard InChI is InChI=1S/C15H21N5O3S/c1-5-20-15(17-18-19-20)24-10(2)14(21)16-9-11-6-7-12(22-3)13(8-11)23-4/h6-8,10H,5,9H2,1-4H3,(H,16,21). The number of hydrogen-bond donors (Lipinski definition) is 1. The fourth-order valence-corrected chi connectivity index (χ4v) is 2.89. The summed E-state index contributed by atoms with van der Waals surface area (Å²) in [6, 6.07) is 5.54. The number of carbonyl (C=O) groups is 1. The first-order chi connectivity index (χ1) is 11.6. The average molecular weight is 351 g/mol. The summed E-state index contributed by atoms with van der Waals surface area (Å²) in [6.07, 6.45) is 0. The molecular formula is C15H21N5O3S. The molecule has 130 valence electrons. The summed E-state index contributed by atoms with van der Waals surface area (Å²) in [5.41, 5.74) is 0.927. The number of rotatable bonds is 8. The Labute approximate surface area is 144 Å². The van der Waals surface area contributed by atoms with E-state index in [0.717, 1.165) is 5.56 Å². The zero-order valence-corrected chi connectivity index (χ0v) is 15.0. The molecule has 24 heavy (non-hydrogen) atoms. The summed E-state index contributed by atoms with van der Waals surface area (Å²) in [5, 5.41) is 14.6. The van der Waals surface area contributed by atoms with Crippen LogP contribution in [0.5, 0.6) is 11.5 Å². The van der Waals surface area contributed by atoms with E-state index in [1.807, 2.05) is 32.0 Å². The lowest BCUT2D eigenvalue weighted by Crippen LogP contribution is -2.30. The van der Waals surface area contributed by atoms with Crippen LogP contribution in [0.25, 0.3) is 0 Å². The topological polar surface area (TPSA) is 91.2 Å². The second kappa shape index (κ2) is 8.53. The number of aromatic nitrogens is 4. The third-order valence-electron chi connectivity index (χ3n) is 3.36. The minimum Gasteiger partial charge on any atom is -0.493 e. The van der Waals surface area contributed by atoms with Crippen molar-refractivity contribution in [3.8, 4) is 11.5 Å². The number of ether oxygens (including phenoxy) is 2. The molecule has 8 nitrogen and oxygen atoms in total. The maximum atomic E-state index is 12.3. The lowest BCUT2D eigenvalue weighted by molar-refractivity contribution is -0.120. The van der Waals surface area contributed by atoms with E-state index < -0.39 is 0 Å². The molecule has 1 atom stereocenters. The van der Waals surface area contributed by atoms with Gasteiger partial charge in [0.05, 0.1) is 19.5 Å². The van der Waals surface area contributed by atoms with Crippen molar-refractivity contribution in [2.24, 2.45) is 0 Å². The quantitative estimate of drug-likeness (QED) is 0.721. The highest BCUT2D eigenvalue weighted by molar-refractivity contribution is 8.00. The lowest BCUT2D eigenvalue weighted by Gasteiger charge is -2.13. The van der Waals surface area contributed by atoms with Gasteiger partial charge in [-0.15, -0.1) is 5.10 Å². The molecule has 0 aliphatic heterocycles. The van der Waals surface area contributed by atoms with Gasteiger partial charge in [0.15, 0.2) is 11.5 Å². The van der Waals surface area contributed by atoms with Crippen LogP contribution in [0.15, 0.2) is 23.4 Å². The number of thioether (sulfide) groups is 1. The predicted molar refractivity (Wildman–Crippen MR) is 90.2 cm³/mol. The molecule has 0 radical (unpaired) electrons. The number of methoxy groups -OCH3 is 2. The minimum atomic E-state index is -0.304.